The zero-order chi connectivity index (χ0) is 22.3. The van der Waals surface area contributed by atoms with Crippen molar-refractivity contribution in [2.75, 3.05) is 5.32 Å². The lowest BCUT2D eigenvalue weighted by atomic mass is 9.97. The van der Waals surface area contributed by atoms with Gasteiger partial charge in [0.25, 0.3) is 5.91 Å². The van der Waals surface area contributed by atoms with Gasteiger partial charge in [-0.25, -0.2) is 4.98 Å². The van der Waals surface area contributed by atoms with Crippen LogP contribution in [0.25, 0.3) is 0 Å². The Morgan fingerprint density at radius 3 is 2.43 bits per heavy atom. The number of rotatable bonds is 4. The van der Waals surface area contributed by atoms with Crippen molar-refractivity contribution in [1.82, 2.24) is 14.8 Å². The van der Waals surface area contributed by atoms with E-state index in [9.17, 15) is 31.1 Å². The number of benzene rings is 1. The van der Waals surface area contributed by atoms with Gasteiger partial charge in [-0.1, -0.05) is 29.5 Å². The summed E-state index contributed by atoms with van der Waals surface area (Å²) >= 11 is 0.554. The number of nitrogens with one attached hydrogen (secondary N) is 1. The SMILES string of the molecule is Cc1nc(C(c2cccc(C(F)(F)F)c2)C(F)(F)F)sc1NC(=O)c1ccn(C)n1. The van der Waals surface area contributed by atoms with Gasteiger partial charge in [-0.15, -0.1) is 0 Å². The fourth-order valence-electron chi connectivity index (χ4n) is 2.73. The molecule has 2 heterocycles. The van der Waals surface area contributed by atoms with Crippen LogP contribution in [0.15, 0.2) is 36.5 Å². The molecule has 0 aliphatic rings. The van der Waals surface area contributed by atoms with Gasteiger partial charge in [0.1, 0.15) is 15.9 Å². The molecule has 0 aliphatic heterocycles. The van der Waals surface area contributed by atoms with Crippen molar-refractivity contribution >= 4 is 22.2 Å². The van der Waals surface area contributed by atoms with Crippen molar-refractivity contribution in [1.29, 1.82) is 0 Å². The average Bonchev–Trinajstić information content (AvgIpc) is 3.20. The first-order chi connectivity index (χ1) is 13.9. The second-order valence-electron chi connectivity index (χ2n) is 6.39. The minimum absolute atomic E-state index is 0.0529. The zero-order valence-electron chi connectivity index (χ0n) is 15.5. The van der Waals surface area contributed by atoms with Crippen LogP contribution >= 0.6 is 11.3 Å². The van der Waals surface area contributed by atoms with Crippen LogP contribution in [0.3, 0.4) is 0 Å². The van der Waals surface area contributed by atoms with Crippen molar-refractivity contribution in [3.8, 4) is 0 Å². The van der Waals surface area contributed by atoms with Crippen LogP contribution in [0.5, 0.6) is 0 Å². The van der Waals surface area contributed by atoms with Crippen molar-refractivity contribution in [3.63, 3.8) is 0 Å². The van der Waals surface area contributed by atoms with Gasteiger partial charge < -0.3 is 5.32 Å². The molecule has 0 bridgehead atoms. The third kappa shape index (κ3) is 4.64. The van der Waals surface area contributed by atoms with E-state index in [1.165, 1.54) is 23.9 Å². The summed E-state index contributed by atoms with van der Waals surface area (Å²) in [6.07, 6.45) is -8.16. The fourth-order valence-corrected chi connectivity index (χ4v) is 3.84. The van der Waals surface area contributed by atoms with Crippen molar-refractivity contribution in [2.24, 2.45) is 7.05 Å². The first kappa shape index (κ1) is 21.8. The number of thiazole rings is 1. The minimum atomic E-state index is -4.89. The van der Waals surface area contributed by atoms with Gasteiger partial charge in [0, 0.05) is 13.2 Å². The predicted octanol–water partition coefficient (Wildman–Crippen LogP) is 5.15. The number of halogens is 6. The number of hydrogen-bond donors (Lipinski definition) is 1. The molecule has 30 heavy (non-hydrogen) atoms. The highest BCUT2D eigenvalue weighted by molar-refractivity contribution is 7.16. The molecule has 0 aliphatic carbocycles. The Bertz CT molecular complexity index is 1070. The normalized spacial score (nSPS) is 13.3. The molecule has 2 aromatic heterocycles. The van der Waals surface area contributed by atoms with Crippen molar-refractivity contribution in [3.05, 3.63) is 64.1 Å². The molecule has 0 spiro atoms. The summed E-state index contributed by atoms with van der Waals surface area (Å²) < 4.78 is 81.6. The van der Waals surface area contributed by atoms with Gasteiger partial charge >= 0.3 is 12.4 Å². The van der Waals surface area contributed by atoms with E-state index < -0.39 is 40.3 Å². The monoisotopic (exact) mass is 448 g/mol. The number of aromatic nitrogens is 3. The smallest absolute Gasteiger partial charge is 0.311 e. The highest BCUT2D eigenvalue weighted by Crippen LogP contribution is 2.44. The fraction of sp³-hybridized carbons (Fsp3) is 0.278. The van der Waals surface area contributed by atoms with Crippen LogP contribution in [-0.2, 0) is 13.2 Å². The van der Waals surface area contributed by atoms with E-state index in [-0.39, 0.29) is 16.4 Å². The second kappa shape index (κ2) is 7.74. The molecular weight excluding hydrogens is 434 g/mol. The Labute approximate surface area is 170 Å². The standard InChI is InChI=1S/C18H14F6N4OS/c1-9-15(26-14(29)12-6-7-28(2)27-12)30-16(25-9)13(18(22,23)24)10-4-3-5-11(8-10)17(19,20)21/h3-8,13H,1-2H3,(H,26,29). The molecule has 0 saturated carbocycles. The predicted molar refractivity (Wildman–Crippen MR) is 97.4 cm³/mol. The third-order valence-electron chi connectivity index (χ3n) is 4.11. The minimum Gasteiger partial charge on any atom is -0.311 e. The Balaban J connectivity index is 1.97. The van der Waals surface area contributed by atoms with Crippen molar-refractivity contribution < 1.29 is 31.1 Å². The molecular formula is C18H14F6N4OS. The van der Waals surface area contributed by atoms with Crippen LogP contribution in [0.2, 0.25) is 0 Å². The molecule has 0 saturated heterocycles. The maximum Gasteiger partial charge on any atom is 0.416 e. The average molecular weight is 448 g/mol. The molecule has 1 aromatic carbocycles. The largest absolute Gasteiger partial charge is 0.416 e. The zero-order valence-corrected chi connectivity index (χ0v) is 16.3. The lowest BCUT2D eigenvalue weighted by Gasteiger charge is -2.19. The first-order valence-electron chi connectivity index (χ1n) is 8.38. The van der Waals surface area contributed by atoms with E-state index in [2.05, 4.69) is 15.4 Å². The summed E-state index contributed by atoms with van der Waals surface area (Å²) in [4.78, 5) is 16.1. The molecule has 1 N–H and O–H groups in total. The maximum absolute atomic E-state index is 13.8. The molecule has 0 radical (unpaired) electrons. The van der Waals surface area contributed by atoms with Crippen LogP contribution in [0.1, 0.15) is 38.2 Å². The molecule has 0 fully saturated rings. The van der Waals surface area contributed by atoms with Crippen LogP contribution < -0.4 is 5.32 Å². The molecule has 5 nitrogen and oxygen atoms in total. The third-order valence-corrected chi connectivity index (χ3v) is 5.25. The van der Waals surface area contributed by atoms with E-state index in [4.69, 9.17) is 0 Å². The number of anilines is 1. The van der Waals surface area contributed by atoms with Gasteiger partial charge in [-0.3, -0.25) is 9.48 Å². The summed E-state index contributed by atoms with van der Waals surface area (Å²) in [6, 6.07) is 4.47. The Hall–Kier alpha value is -2.89. The van der Waals surface area contributed by atoms with Crippen LogP contribution in [0, 0.1) is 6.92 Å². The topological polar surface area (TPSA) is 59.8 Å². The second-order valence-corrected chi connectivity index (χ2v) is 7.42. The van der Waals surface area contributed by atoms with Crippen LogP contribution in [0.4, 0.5) is 31.3 Å². The number of hydrogen-bond acceptors (Lipinski definition) is 4. The van der Waals surface area contributed by atoms with E-state index in [1.54, 1.807) is 7.05 Å². The van der Waals surface area contributed by atoms with Gasteiger partial charge in [0.05, 0.1) is 11.3 Å². The molecule has 12 heteroatoms. The number of carbonyl (C=O) groups excluding carboxylic acids is 1. The number of carbonyl (C=O) groups is 1. The molecule has 1 atom stereocenters. The van der Waals surface area contributed by atoms with Gasteiger partial charge in [-0.05, 0) is 24.6 Å². The Kier molecular flexibility index (Phi) is 5.63. The van der Waals surface area contributed by atoms with E-state index in [1.807, 2.05) is 0 Å². The highest BCUT2D eigenvalue weighted by Gasteiger charge is 2.45. The summed E-state index contributed by atoms with van der Waals surface area (Å²) in [5.74, 6) is -3.01. The lowest BCUT2D eigenvalue weighted by molar-refractivity contribution is -0.143. The number of amides is 1. The van der Waals surface area contributed by atoms with Gasteiger partial charge in [0.2, 0.25) is 0 Å². The molecule has 1 amide bonds. The Morgan fingerprint density at radius 2 is 1.87 bits per heavy atom. The highest BCUT2D eigenvalue weighted by atomic mass is 32.1. The number of aryl methyl sites for hydroxylation is 2. The molecule has 160 valence electrons. The van der Waals surface area contributed by atoms with E-state index in [0.29, 0.717) is 23.5 Å². The summed E-state index contributed by atoms with van der Waals surface area (Å²) in [6.45, 7) is 1.40. The summed E-state index contributed by atoms with van der Waals surface area (Å²) in [7, 11) is 1.59. The van der Waals surface area contributed by atoms with Gasteiger partial charge in [0.15, 0.2) is 5.69 Å². The Morgan fingerprint density at radius 1 is 1.17 bits per heavy atom. The van der Waals surface area contributed by atoms with Gasteiger partial charge in [-0.2, -0.15) is 31.4 Å². The van der Waals surface area contributed by atoms with Crippen LogP contribution in [-0.4, -0.2) is 26.8 Å². The molecule has 3 aromatic rings. The maximum atomic E-state index is 13.8. The summed E-state index contributed by atoms with van der Waals surface area (Å²) in [5, 5.41) is 5.93. The molecule has 1 unspecified atom stereocenters. The van der Waals surface area contributed by atoms with E-state index in [0.717, 1.165) is 12.1 Å². The first-order valence-corrected chi connectivity index (χ1v) is 9.20. The van der Waals surface area contributed by atoms with E-state index >= 15 is 0 Å². The number of alkyl halides is 6. The van der Waals surface area contributed by atoms with Crippen molar-refractivity contribution in [2.45, 2.75) is 25.2 Å². The summed E-state index contributed by atoms with van der Waals surface area (Å²) in [5.41, 5.74) is -1.61. The number of nitrogens with zero attached hydrogens (tertiary/aromatic N) is 3. The molecule has 3 rings (SSSR count). The lowest BCUT2D eigenvalue weighted by Crippen LogP contribution is -2.22. The quantitative estimate of drug-likeness (QED) is 0.562.